The molecule has 1 fully saturated rings. The largest absolute Gasteiger partial charge is 0.313 e. The summed E-state index contributed by atoms with van der Waals surface area (Å²) in [4.78, 5) is 0. The Hall–Kier alpha value is 0. The molecule has 0 aromatic carbocycles. The molecule has 1 aromatic rings. The van der Waals surface area contributed by atoms with Crippen LogP contribution in [0.15, 0.2) is 4.47 Å². The topological polar surface area (TPSA) is 29.9 Å². The van der Waals surface area contributed by atoms with Crippen LogP contribution in [0.4, 0.5) is 0 Å². The number of halogens is 1. The van der Waals surface area contributed by atoms with E-state index < -0.39 is 0 Å². The maximum absolute atomic E-state index is 4.58. The van der Waals surface area contributed by atoms with Crippen molar-refractivity contribution < 1.29 is 0 Å². The van der Waals surface area contributed by atoms with Gasteiger partial charge >= 0.3 is 0 Å². The number of aromatic nitrogens is 2. The van der Waals surface area contributed by atoms with Crippen molar-refractivity contribution >= 4 is 27.7 Å². The summed E-state index contributed by atoms with van der Waals surface area (Å²) in [6, 6.07) is 0.660. The van der Waals surface area contributed by atoms with Crippen molar-refractivity contribution in [2.75, 3.05) is 18.1 Å². The molecule has 1 aliphatic heterocycles. The summed E-state index contributed by atoms with van der Waals surface area (Å²) < 4.78 is 3.35. The van der Waals surface area contributed by atoms with Crippen molar-refractivity contribution in [3.63, 3.8) is 0 Å². The Morgan fingerprint density at radius 3 is 2.89 bits per heavy atom. The highest BCUT2D eigenvalue weighted by molar-refractivity contribution is 9.10. The Bertz CT molecular complexity index is 405. The van der Waals surface area contributed by atoms with Gasteiger partial charge in [0.25, 0.3) is 0 Å². The normalized spacial score (nSPS) is 23.8. The van der Waals surface area contributed by atoms with Crippen LogP contribution in [-0.2, 0) is 13.0 Å². The summed E-state index contributed by atoms with van der Waals surface area (Å²) in [7, 11) is 0. The molecule has 0 radical (unpaired) electrons. The van der Waals surface area contributed by atoms with Crippen LogP contribution in [0, 0.1) is 12.8 Å². The standard InChI is InChI=1S/C13H22BrN3S/c1-4-15-11-8-18-7-10(11)6-12-13(14)9(3)16-17(12)5-2/h10-11,15H,4-8H2,1-3H3. The highest BCUT2D eigenvalue weighted by Gasteiger charge is 2.29. The smallest absolute Gasteiger partial charge is 0.0738 e. The number of nitrogens with one attached hydrogen (secondary N) is 1. The molecule has 2 rings (SSSR count). The van der Waals surface area contributed by atoms with Gasteiger partial charge in [0.05, 0.1) is 15.9 Å². The molecule has 1 aromatic heterocycles. The van der Waals surface area contributed by atoms with Gasteiger partial charge in [0.1, 0.15) is 0 Å². The maximum atomic E-state index is 4.58. The Labute approximate surface area is 122 Å². The highest BCUT2D eigenvalue weighted by Crippen LogP contribution is 2.31. The van der Waals surface area contributed by atoms with Gasteiger partial charge in [-0.05, 0) is 54.4 Å². The summed E-state index contributed by atoms with van der Waals surface area (Å²) in [6.45, 7) is 8.44. The van der Waals surface area contributed by atoms with Crippen molar-refractivity contribution in [1.29, 1.82) is 0 Å². The van der Waals surface area contributed by atoms with Gasteiger partial charge in [0, 0.05) is 18.3 Å². The quantitative estimate of drug-likeness (QED) is 0.899. The molecule has 0 bridgehead atoms. The van der Waals surface area contributed by atoms with E-state index in [0.717, 1.165) is 31.1 Å². The number of rotatable bonds is 5. The van der Waals surface area contributed by atoms with E-state index in [1.54, 1.807) is 0 Å². The maximum Gasteiger partial charge on any atom is 0.0738 e. The second kappa shape index (κ2) is 6.44. The summed E-state index contributed by atoms with van der Waals surface area (Å²) in [5.41, 5.74) is 2.47. The number of hydrogen-bond acceptors (Lipinski definition) is 3. The molecular formula is C13H22BrN3S. The lowest BCUT2D eigenvalue weighted by Crippen LogP contribution is -2.36. The zero-order chi connectivity index (χ0) is 13.1. The van der Waals surface area contributed by atoms with Gasteiger partial charge in [0.2, 0.25) is 0 Å². The summed E-state index contributed by atoms with van der Waals surface area (Å²) in [5, 5.41) is 8.20. The van der Waals surface area contributed by atoms with Gasteiger partial charge in [-0.1, -0.05) is 6.92 Å². The number of hydrogen-bond donors (Lipinski definition) is 1. The molecule has 0 spiro atoms. The first-order valence-corrected chi connectivity index (χ1v) is 8.65. The van der Waals surface area contributed by atoms with Crippen molar-refractivity contribution in [2.45, 2.75) is 39.8 Å². The van der Waals surface area contributed by atoms with Crippen LogP contribution in [0.1, 0.15) is 25.2 Å². The van der Waals surface area contributed by atoms with E-state index in [1.807, 2.05) is 0 Å². The Morgan fingerprint density at radius 2 is 2.22 bits per heavy atom. The predicted molar refractivity (Wildman–Crippen MR) is 82.3 cm³/mol. The third-order valence-electron chi connectivity index (χ3n) is 3.57. The van der Waals surface area contributed by atoms with Gasteiger partial charge in [-0.3, -0.25) is 4.68 Å². The first kappa shape index (κ1) is 14.4. The minimum absolute atomic E-state index is 0.660. The van der Waals surface area contributed by atoms with E-state index in [0.29, 0.717) is 6.04 Å². The third kappa shape index (κ3) is 2.94. The molecule has 3 nitrogen and oxygen atoms in total. The number of aryl methyl sites for hydroxylation is 2. The van der Waals surface area contributed by atoms with Gasteiger partial charge in [-0.2, -0.15) is 16.9 Å². The van der Waals surface area contributed by atoms with Crippen LogP contribution < -0.4 is 5.32 Å². The first-order valence-electron chi connectivity index (χ1n) is 6.70. The van der Waals surface area contributed by atoms with Gasteiger partial charge in [-0.15, -0.1) is 0 Å². The van der Waals surface area contributed by atoms with Gasteiger partial charge in [-0.25, -0.2) is 0 Å². The fourth-order valence-electron chi connectivity index (χ4n) is 2.60. The van der Waals surface area contributed by atoms with Crippen LogP contribution in [0.5, 0.6) is 0 Å². The second-order valence-electron chi connectivity index (χ2n) is 4.83. The average Bonchev–Trinajstić information content (AvgIpc) is 2.90. The molecule has 1 saturated heterocycles. The fourth-order valence-corrected chi connectivity index (χ4v) is 4.48. The zero-order valence-corrected chi connectivity index (χ0v) is 13.8. The van der Waals surface area contributed by atoms with E-state index in [-0.39, 0.29) is 0 Å². The third-order valence-corrected chi connectivity index (χ3v) is 5.86. The van der Waals surface area contributed by atoms with E-state index in [2.05, 4.69) is 63.6 Å². The van der Waals surface area contributed by atoms with Crippen LogP contribution >= 0.6 is 27.7 Å². The van der Waals surface area contributed by atoms with E-state index in [9.17, 15) is 0 Å². The number of nitrogens with zero attached hydrogens (tertiary/aromatic N) is 2. The lowest BCUT2D eigenvalue weighted by Gasteiger charge is -2.20. The van der Waals surface area contributed by atoms with Crippen LogP contribution in [0.3, 0.4) is 0 Å². The summed E-state index contributed by atoms with van der Waals surface area (Å²) in [5.74, 6) is 3.24. The van der Waals surface area contributed by atoms with E-state index in [1.165, 1.54) is 21.7 Å². The average molecular weight is 332 g/mol. The minimum atomic E-state index is 0.660. The molecule has 102 valence electrons. The first-order chi connectivity index (χ1) is 8.67. The molecule has 18 heavy (non-hydrogen) atoms. The predicted octanol–water partition coefficient (Wildman–Crippen LogP) is 2.86. The van der Waals surface area contributed by atoms with Gasteiger partial charge in [0.15, 0.2) is 0 Å². The molecule has 0 aliphatic carbocycles. The summed E-state index contributed by atoms with van der Waals surface area (Å²) in [6.07, 6.45) is 1.12. The monoisotopic (exact) mass is 331 g/mol. The molecule has 5 heteroatoms. The Kier molecular flexibility index (Phi) is 5.15. The van der Waals surface area contributed by atoms with Crippen molar-refractivity contribution in [1.82, 2.24) is 15.1 Å². The Morgan fingerprint density at radius 1 is 1.44 bits per heavy atom. The van der Waals surface area contributed by atoms with Crippen molar-refractivity contribution in [2.24, 2.45) is 5.92 Å². The highest BCUT2D eigenvalue weighted by atomic mass is 79.9. The van der Waals surface area contributed by atoms with Crippen molar-refractivity contribution in [3.8, 4) is 0 Å². The number of thioether (sulfide) groups is 1. The zero-order valence-electron chi connectivity index (χ0n) is 11.4. The molecule has 0 saturated carbocycles. The molecule has 1 aliphatic rings. The Balaban J connectivity index is 2.13. The lowest BCUT2D eigenvalue weighted by atomic mass is 9.97. The van der Waals surface area contributed by atoms with E-state index in [4.69, 9.17) is 0 Å². The van der Waals surface area contributed by atoms with Crippen molar-refractivity contribution in [3.05, 3.63) is 15.9 Å². The molecule has 2 unspecified atom stereocenters. The summed E-state index contributed by atoms with van der Waals surface area (Å²) >= 11 is 5.77. The van der Waals surface area contributed by atoms with E-state index >= 15 is 0 Å². The minimum Gasteiger partial charge on any atom is -0.313 e. The van der Waals surface area contributed by atoms with Crippen LogP contribution in [0.25, 0.3) is 0 Å². The van der Waals surface area contributed by atoms with Gasteiger partial charge < -0.3 is 5.32 Å². The second-order valence-corrected chi connectivity index (χ2v) is 6.70. The molecule has 2 atom stereocenters. The van der Waals surface area contributed by atoms with Crippen LogP contribution in [-0.4, -0.2) is 33.9 Å². The molecular weight excluding hydrogens is 310 g/mol. The molecule has 0 amide bonds. The SMILES string of the molecule is CCNC1CSCC1Cc1c(Br)c(C)nn1CC. The lowest BCUT2D eigenvalue weighted by molar-refractivity contribution is 0.421. The molecule has 1 N–H and O–H groups in total. The molecule has 2 heterocycles. The fraction of sp³-hybridized carbons (Fsp3) is 0.769. The van der Waals surface area contributed by atoms with Crippen LogP contribution in [0.2, 0.25) is 0 Å².